The fourth-order valence-corrected chi connectivity index (χ4v) is 2.87. The van der Waals surface area contributed by atoms with Crippen LogP contribution in [0.15, 0.2) is 53.3 Å². The summed E-state index contributed by atoms with van der Waals surface area (Å²) < 4.78 is 18.7. The molecule has 3 aromatic rings. The number of anilines is 1. The van der Waals surface area contributed by atoms with Crippen LogP contribution in [-0.4, -0.2) is 16.0 Å². The summed E-state index contributed by atoms with van der Waals surface area (Å²) in [7, 11) is 0. The van der Waals surface area contributed by atoms with Gasteiger partial charge in [-0.15, -0.1) is 0 Å². The summed E-state index contributed by atoms with van der Waals surface area (Å²) in [6.07, 6.45) is 7.85. The smallest absolute Gasteiger partial charge is 0.239 e. The molecule has 0 radical (unpaired) electrons. The van der Waals surface area contributed by atoms with Crippen LogP contribution in [0.5, 0.6) is 0 Å². The Balaban J connectivity index is 1.88. The van der Waals surface area contributed by atoms with Crippen molar-refractivity contribution in [3.8, 4) is 22.4 Å². The van der Waals surface area contributed by atoms with E-state index in [0.29, 0.717) is 29.1 Å². The number of benzene rings is 1. The Labute approximate surface area is 157 Å². The van der Waals surface area contributed by atoms with E-state index >= 15 is 0 Å². The van der Waals surface area contributed by atoms with E-state index in [1.165, 1.54) is 12.1 Å². The lowest BCUT2D eigenvalue weighted by atomic mass is 10.0. The van der Waals surface area contributed by atoms with Gasteiger partial charge >= 0.3 is 0 Å². The van der Waals surface area contributed by atoms with Crippen LogP contribution in [0.25, 0.3) is 22.4 Å². The normalized spacial score (nSPS) is 10.7. The van der Waals surface area contributed by atoms with Crippen molar-refractivity contribution < 1.29 is 13.7 Å². The maximum absolute atomic E-state index is 13.3. The van der Waals surface area contributed by atoms with Crippen molar-refractivity contribution >= 4 is 11.8 Å². The number of nitrogens with zero attached hydrogens (tertiary/aromatic N) is 2. The van der Waals surface area contributed by atoms with E-state index in [4.69, 9.17) is 4.52 Å². The molecule has 0 fully saturated rings. The molecule has 0 aliphatic carbocycles. The first kappa shape index (κ1) is 18.8. The summed E-state index contributed by atoms with van der Waals surface area (Å²) >= 11 is 0. The number of nitrogens with one attached hydrogen (secondary N) is 1. The molecule has 1 amide bonds. The first-order valence-electron chi connectivity index (χ1n) is 9.15. The molecule has 0 saturated heterocycles. The minimum absolute atomic E-state index is 0.108. The predicted molar refractivity (Wildman–Crippen MR) is 103 cm³/mol. The second-order valence-electron chi connectivity index (χ2n) is 6.34. The summed E-state index contributed by atoms with van der Waals surface area (Å²) in [6.45, 7) is 2.13. The predicted octanol–water partition coefficient (Wildman–Crippen LogP) is 5.45. The summed E-state index contributed by atoms with van der Waals surface area (Å²) in [6, 6.07) is 9.63. The molecule has 3 rings (SSSR count). The second kappa shape index (κ2) is 9.07. The Morgan fingerprint density at radius 1 is 1.04 bits per heavy atom. The lowest BCUT2D eigenvalue weighted by Gasteiger charge is -2.06. The highest BCUT2D eigenvalue weighted by atomic mass is 19.1. The zero-order chi connectivity index (χ0) is 19.1. The number of hydrogen-bond acceptors (Lipinski definition) is 4. The van der Waals surface area contributed by atoms with E-state index in [9.17, 15) is 9.18 Å². The standard InChI is InChI=1S/C21H22FN3O2/c1-2-3-4-5-6-18(26)24-21-19(15-11-13-23-14-12-15)20(25-27-21)16-7-9-17(22)10-8-16/h7-14H,2-6H2,1H3,(H,24,26). The fraction of sp³-hybridized carbons (Fsp3) is 0.286. The van der Waals surface area contributed by atoms with Gasteiger partial charge in [0.2, 0.25) is 11.8 Å². The fourth-order valence-electron chi connectivity index (χ4n) is 2.87. The number of amides is 1. The Morgan fingerprint density at radius 3 is 2.48 bits per heavy atom. The molecule has 0 aliphatic heterocycles. The molecule has 0 spiro atoms. The monoisotopic (exact) mass is 367 g/mol. The average molecular weight is 367 g/mol. The minimum Gasteiger partial charge on any atom is -0.337 e. The number of carbonyl (C=O) groups excluding carboxylic acids is 1. The van der Waals surface area contributed by atoms with E-state index in [-0.39, 0.29) is 11.7 Å². The van der Waals surface area contributed by atoms with Crippen molar-refractivity contribution in [3.63, 3.8) is 0 Å². The Bertz CT molecular complexity index is 876. The molecule has 5 nitrogen and oxygen atoms in total. The molecule has 0 atom stereocenters. The van der Waals surface area contributed by atoms with E-state index in [0.717, 1.165) is 31.2 Å². The number of unbranched alkanes of at least 4 members (excludes halogenated alkanes) is 3. The van der Waals surface area contributed by atoms with Gasteiger partial charge in [0, 0.05) is 24.4 Å². The SMILES string of the molecule is CCCCCCC(=O)Nc1onc(-c2ccc(F)cc2)c1-c1ccncc1. The number of pyridine rings is 1. The van der Waals surface area contributed by atoms with E-state index in [1.807, 2.05) is 12.1 Å². The highest BCUT2D eigenvalue weighted by molar-refractivity contribution is 5.97. The van der Waals surface area contributed by atoms with Crippen LogP contribution >= 0.6 is 0 Å². The molecule has 6 heteroatoms. The first-order valence-corrected chi connectivity index (χ1v) is 9.15. The van der Waals surface area contributed by atoms with E-state index < -0.39 is 0 Å². The van der Waals surface area contributed by atoms with Crippen LogP contribution in [0, 0.1) is 5.82 Å². The Morgan fingerprint density at radius 2 is 1.78 bits per heavy atom. The quantitative estimate of drug-likeness (QED) is 0.537. The van der Waals surface area contributed by atoms with Gasteiger partial charge in [-0.2, -0.15) is 0 Å². The van der Waals surface area contributed by atoms with Crippen molar-refractivity contribution in [2.45, 2.75) is 39.0 Å². The van der Waals surface area contributed by atoms with Crippen molar-refractivity contribution in [2.75, 3.05) is 5.32 Å². The van der Waals surface area contributed by atoms with Crippen LogP contribution in [0.1, 0.15) is 39.0 Å². The average Bonchev–Trinajstić information content (AvgIpc) is 3.10. The second-order valence-corrected chi connectivity index (χ2v) is 6.34. The third kappa shape index (κ3) is 4.78. The largest absolute Gasteiger partial charge is 0.337 e. The maximum Gasteiger partial charge on any atom is 0.239 e. The molecule has 1 aromatic carbocycles. The number of carbonyl (C=O) groups is 1. The van der Waals surface area contributed by atoms with Gasteiger partial charge in [-0.1, -0.05) is 31.3 Å². The van der Waals surface area contributed by atoms with Crippen molar-refractivity contribution in [1.82, 2.24) is 10.1 Å². The summed E-state index contributed by atoms with van der Waals surface area (Å²) in [4.78, 5) is 16.3. The van der Waals surface area contributed by atoms with Crippen LogP contribution < -0.4 is 5.32 Å². The van der Waals surface area contributed by atoms with Gasteiger partial charge in [0.25, 0.3) is 0 Å². The van der Waals surface area contributed by atoms with Crippen LogP contribution in [0.2, 0.25) is 0 Å². The lowest BCUT2D eigenvalue weighted by Crippen LogP contribution is -2.11. The van der Waals surface area contributed by atoms with E-state index in [1.54, 1.807) is 24.5 Å². The van der Waals surface area contributed by atoms with Gasteiger partial charge < -0.3 is 4.52 Å². The highest BCUT2D eigenvalue weighted by Crippen LogP contribution is 2.37. The zero-order valence-corrected chi connectivity index (χ0v) is 15.2. The van der Waals surface area contributed by atoms with E-state index in [2.05, 4.69) is 22.4 Å². The van der Waals surface area contributed by atoms with Crippen LogP contribution in [0.3, 0.4) is 0 Å². The molecule has 0 aliphatic rings. The minimum atomic E-state index is -0.326. The Hall–Kier alpha value is -3.02. The van der Waals surface area contributed by atoms with Crippen LogP contribution in [-0.2, 0) is 4.79 Å². The number of halogens is 1. The highest BCUT2D eigenvalue weighted by Gasteiger charge is 2.21. The van der Waals surface area contributed by atoms with Gasteiger partial charge in [-0.25, -0.2) is 4.39 Å². The van der Waals surface area contributed by atoms with Crippen molar-refractivity contribution in [1.29, 1.82) is 0 Å². The van der Waals surface area contributed by atoms with Crippen molar-refractivity contribution in [3.05, 3.63) is 54.6 Å². The topological polar surface area (TPSA) is 68.0 Å². The summed E-state index contributed by atoms with van der Waals surface area (Å²) in [5, 5.41) is 6.95. The molecule has 2 heterocycles. The molecule has 1 N–H and O–H groups in total. The molecule has 2 aromatic heterocycles. The zero-order valence-electron chi connectivity index (χ0n) is 15.2. The molecule has 27 heavy (non-hydrogen) atoms. The number of hydrogen-bond donors (Lipinski definition) is 1. The van der Waals surface area contributed by atoms with Gasteiger partial charge in [-0.05, 0) is 48.4 Å². The molecular formula is C21H22FN3O2. The first-order chi connectivity index (χ1) is 13.2. The number of aromatic nitrogens is 2. The summed E-state index contributed by atoms with van der Waals surface area (Å²) in [5.74, 6) is -0.141. The molecule has 140 valence electrons. The van der Waals surface area contributed by atoms with Gasteiger partial charge in [0.15, 0.2) is 0 Å². The third-order valence-corrected chi connectivity index (χ3v) is 4.29. The molecule has 0 bridgehead atoms. The van der Waals surface area contributed by atoms with Gasteiger partial charge in [0.1, 0.15) is 11.5 Å². The van der Waals surface area contributed by atoms with Crippen LogP contribution in [0.4, 0.5) is 10.3 Å². The van der Waals surface area contributed by atoms with Gasteiger partial charge in [-0.3, -0.25) is 15.1 Å². The molecule has 0 unspecified atom stereocenters. The lowest BCUT2D eigenvalue weighted by molar-refractivity contribution is -0.116. The molecular weight excluding hydrogens is 345 g/mol. The third-order valence-electron chi connectivity index (χ3n) is 4.29. The summed E-state index contributed by atoms with van der Waals surface area (Å²) in [5.41, 5.74) is 2.72. The van der Waals surface area contributed by atoms with Gasteiger partial charge in [0.05, 0.1) is 5.56 Å². The Kier molecular flexibility index (Phi) is 6.30. The molecule has 0 saturated carbocycles. The number of rotatable bonds is 8. The van der Waals surface area contributed by atoms with Crippen molar-refractivity contribution in [2.24, 2.45) is 0 Å². The maximum atomic E-state index is 13.3.